The van der Waals surface area contributed by atoms with E-state index in [2.05, 4.69) is 59.7 Å². The smallest absolute Gasteiger partial charge is 0.0577 e. The van der Waals surface area contributed by atoms with E-state index in [1.54, 1.807) is 0 Å². The van der Waals surface area contributed by atoms with Gasteiger partial charge in [0, 0.05) is 17.6 Å². The number of rotatable bonds is 5. The molecule has 0 saturated carbocycles. The van der Waals surface area contributed by atoms with E-state index in [4.69, 9.17) is 11.6 Å². The second-order valence-electron chi connectivity index (χ2n) is 6.08. The summed E-state index contributed by atoms with van der Waals surface area (Å²) in [6.07, 6.45) is 2.59. The van der Waals surface area contributed by atoms with Crippen molar-refractivity contribution < 1.29 is 0 Å². The molecule has 0 aromatic heterocycles. The summed E-state index contributed by atoms with van der Waals surface area (Å²) >= 11 is 6.04. The Balaban J connectivity index is 0.00000144. The van der Waals surface area contributed by atoms with Crippen LogP contribution in [0.1, 0.15) is 30.0 Å². The highest BCUT2D eigenvalue weighted by molar-refractivity contribution is 6.30. The molecular formula is C19H25Cl3N2. The lowest BCUT2D eigenvalue weighted by atomic mass is 9.98. The number of nitrogens with one attached hydrogen (secondary N) is 1. The van der Waals surface area contributed by atoms with Gasteiger partial charge in [-0.05, 0) is 49.7 Å². The van der Waals surface area contributed by atoms with Gasteiger partial charge in [-0.2, -0.15) is 0 Å². The summed E-state index contributed by atoms with van der Waals surface area (Å²) in [4.78, 5) is 2.46. The Morgan fingerprint density at radius 1 is 1.04 bits per heavy atom. The minimum atomic E-state index is 0. The van der Waals surface area contributed by atoms with Crippen molar-refractivity contribution in [2.45, 2.75) is 24.9 Å². The van der Waals surface area contributed by atoms with E-state index in [1.165, 1.54) is 30.5 Å². The van der Waals surface area contributed by atoms with Gasteiger partial charge in [0.25, 0.3) is 0 Å². The molecule has 0 aliphatic carbocycles. The molecule has 3 rings (SSSR count). The van der Waals surface area contributed by atoms with Crippen molar-refractivity contribution in [2.75, 3.05) is 20.1 Å². The first kappa shape index (κ1) is 21.3. The van der Waals surface area contributed by atoms with Crippen LogP contribution in [0.15, 0.2) is 54.6 Å². The first-order valence-corrected chi connectivity index (χ1v) is 8.36. The predicted molar refractivity (Wildman–Crippen MR) is 108 cm³/mol. The third-order valence-corrected chi connectivity index (χ3v) is 4.82. The summed E-state index contributed by atoms with van der Waals surface area (Å²) in [6.45, 7) is 2.22. The van der Waals surface area contributed by atoms with E-state index in [0.717, 1.165) is 11.6 Å². The van der Waals surface area contributed by atoms with Crippen LogP contribution in [-0.2, 0) is 0 Å². The van der Waals surface area contributed by atoms with Gasteiger partial charge in [-0.1, -0.05) is 54.1 Å². The van der Waals surface area contributed by atoms with Gasteiger partial charge in [0.1, 0.15) is 0 Å². The number of hydrogen-bond acceptors (Lipinski definition) is 2. The van der Waals surface area contributed by atoms with Crippen molar-refractivity contribution in [1.29, 1.82) is 0 Å². The van der Waals surface area contributed by atoms with Gasteiger partial charge in [0.15, 0.2) is 0 Å². The van der Waals surface area contributed by atoms with Crippen molar-refractivity contribution in [3.8, 4) is 0 Å². The number of likely N-dealkylation sites (N-methyl/N-ethyl adjacent to an activating group) is 1. The summed E-state index contributed by atoms with van der Waals surface area (Å²) in [5.74, 6) is 0. The zero-order valence-corrected chi connectivity index (χ0v) is 16.2. The molecule has 0 spiro atoms. The summed E-state index contributed by atoms with van der Waals surface area (Å²) in [7, 11) is 2.22. The lowest BCUT2D eigenvalue weighted by Crippen LogP contribution is -2.37. The largest absolute Gasteiger partial charge is 0.305 e. The Hall–Kier alpha value is -0.770. The van der Waals surface area contributed by atoms with Gasteiger partial charge < -0.3 is 10.2 Å². The van der Waals surface area contributed by atoms with Crippen molar-refractivity contribution in [3.63, 3.8) is 0 Å². The van der Waals surface area contributed by atoms with Crippen LogP contribution >= 0.6 is 36.4 Å². The highest BCUT2D eigenvalue weighted by Gasteiger charge is 2.22. The summed E-state index contributed by atoms with van der Waals surface area (Å²) in [5, 5.41) is 4.54. The third kappa shape index (κ3) is 5.37. The Morgan fingerprint density at radius 3 is 2.25 bits per heavy atom. The molecule has 0 amide bonds. The molecule has 1 aliphatic heterocycles. The molecule has 1 saturated heterocycles. The van der Waals surface area contributed by atoms with Gasteiger partial charge in [-0.25, -0.2) is 0 Å². The second kappa shape index (κ2) is 10.3. The van der Waals surface area contributed by atoms with Crippen LogP contribution < -0.4 is 5.32 Å². The Labute approximate surface area is 162 Å². The molecule has 2 atom stereocenters. The fraction of sp³-hybridized carbons (Fsp3) is 0.368. The monoisotopic (exact) mass is 386 g/mol. The molecule has 1 heterocycles. The van der Waals surface area contributed by atoms with Crippen molar-refractivity contribution in [3.05, 3.63) is 70.7 Å². The molecule has 24 heavy (non-hydrogen) atoms. The predicted octanol–water partition coefficient (Wildman–Crippen LogP) is 4.96. The molecule has 1 fully saturated rings. The molecule has 132 valence electrons. The van der Waals surface area contributed by atoms with E-state index >= 15 is 0 Å². The summed E-state index contributed by atoms with van der Waals surface area (Å²) in [5.41, 5.74) is 2.56. The molecule has 2 aromatic rings. The molecule has 2 unspecified atom stereocenters. The molecule has 1 N–H and O–H groups in total. The summed E-state index contributed by atoms with van der Waals surface area (Å²) < 4.78 is 0. The van der Waals surface area contributed by atoms with Gasteiger partial charge in [0.05, 0.1) is 6.04 Å². The SMILES string of the molecule is CN1CCCC1CNC(c1ccccc1)c1ccc(Cl)cc1.Cl.Cl. The number of likely N-dealkylation sites (tertiary alicyclic amines) is 1. The minimum Gasteiger partial charge on any atom is -0.305 e. The van der Waals surface area contributed by atoms with Gasteiger partial charge >= 0.3 is 0 Å². The maximum atomic E-state index is 6.04. The molecule has 2 nitrogen and oxygen atoms in total. The first-order chi connectivity index (χ1) is 10.7. The quantitative estimate of drug-likeness (QED) is 0.780. The van der Waals surface area contributed by atoms with Crippen LogP contribution in [0, 0.1) is 0 Å². The zero-order chi connectivity index (χ0) is 15.4. The van der Waals surface area contributed by atoms with E-state index in [-0.39, 0.29) is 30.9 Å². The highest BCUT2D eigenvalue weighted by Crippen LogP contribution is 2.24. The zero-order valence-electron chi connectivity index (χ0n) is 13.8. The fourth-order valence-electron chi connectivity index (χ4n) is 3.22. The van der Waals surface area contributed by atoms with E-state index in [1.807, 2.05) is 12.1 Å². The number of hydrogen-bond donors (Lipinski definition) is 1. The van der Waals surface area contributed by atoms with E-state index in [0.29, 0.717) is 6.04 Å². The lowest BCUT2D eigenvalue weighted by Gasteiger charge is -2.25. The van der Waals surface area contributed by atoms with Crippen LogP contribution in [-0.4, -0.2) is 31.1 Å². The number of halogens is 3. The lowest BCUT2D eigenvalue weighted by molar-refractivity contribution is 0.296. The average molecular weight is 388 g/mol. The molecule has 5 heteroatoms. The van der Waals surface area contributed by atoms with Crippen LogP contribution in [0.4, 0.5) is 0 Å². The average Bonchev–Trinajstić information content (AvgIpc) is 2.96. The number of nitrogens with zero attached hydrogens (tertiary/aromatic N) is 1. The van der Waals surface area contributed by atoms with Gasteiger partial charge in [0.2, 0.25) is 0 Å². The Morgan fingerprint density at radius 2 is 1.67 bits per heavy atom. The fourth-order valence-corrected chi connectivity index (χ4v) is 3.35. The van der Waals surface area contributed by atoms with Crippen LogP contribution in [0.5, 0.6) is 0 Å². The molecular weight excluding hydrogens is 363 g/mol. The molecule has 1 aliphatic rings. The van der Waals surface area contributed by atoms with Crippen molar-refractivity contribution in [2.24, 2.45) is 0 Å². The molecule has 0 bridgehead atoms. The number of benzene rings is 2. The molecule has 0 radical (unpaired) electrons. The second-order valence-corrected chi connectivity index (χ2v) is 6.52. The maximum absolute atomic E-state index is 6.04. The standard InChI is InChI=1S/C19H23ClN2.2ClH/c1-22-13-5-8-18(22)14-21-19(15-6-3-2-4-7-15)16-9-11-17(20)12-10-16;;/h2-4,6-7,9-12,18-19,21H,5,8,13-14H2,1H3;2*1H. The van der Waals surface area contributed by atoms with Crippen molar-refractivity contribution >= 4 is 36.4 Å². The van der Waals surface area contributed by atoms with Crippen LogP contribution in [0.2, 0.25) is 5.02 Å². The van der Waals surface area contributed by atoms with Crippen LogP contribution in [0.3, 0.4) is 0 Å². The Bertz CT molecular complexity index is 589. The maximum Gasteiger partial charge on any atom is 0.0577 e. The minimum absolute atomic E-state index is 0. The Kier molecular flexibility index (Phi) is 9.11. The first-order valence-electron chi connectivity index (χ1n) is 7.98. The topological polar surface area (TPSA) is 15.3 Å². The normalized spacial score (nSPS) is 18.5. The van der Waals surface area contributed by atoms with Gasteiger partial charge in [-0.3, -0.25) is 0 Å². The van der Waals surface area contributed by atoms with Gasteiger partial charge in [-0.15, -0.1) is 24.8 Å². The molecule has 2 aromatic carbocycles. The highest BCUT2D eigenvalue weighted by atomic mass is 35.5. The van der Waals surface area contributed by atoms with Crippen molar-refractivity contribution in [1.82, 2.24) is 10.2 Å². The summed E-state index contributed by atoms with van der Waals surface area (Å²) in [6, 6.07) is 19.7. The third-order valence-electron chi connectivity index (χ3n) is 4.57. The van der Waals surface area contributed by atoms with E-state index < -0.39 is 0 Å². The van der Waals surface area contributed by atoms with E-state index in [9.17, 15) is 0 Å². The van der Waals surface area contributed by atoms with Crippen LogP contribution in [0.25, 0.3) is 0 Å².